The molecular formula is C30H66N6O10P4. The number of hydrogen-bond donors (Lipinski definition) is 0. The fourth-order valence-corrected chi connectivity index (χ4v) is 12.7. The van der Waals surface area contributed by atoms with Crippen LogP contribution in [-0.4, -0.2) is 226 Å². The molecule has 0 bridgehead atoms. The summed E-state index contributed by atoms with van der Waals surface area (Å²) >= 11 is 0. The topological polar surface area (TPSA) is 143 Å². The molecule has 6 aliphatic heterocycles. The van der Waals surface area contributed by atoms with Crippen LogP contribution >= 0.6 is 29.5 Å². The summed E-state index contributed by atoms with van der Waals surface area (Å²) in [5.41, 5.74) is 0. The third-order valence-corrected chi connectivity index (χ3v) is 18.7. The molecule has 0 spiro atoms. The normalized spacial score (nSPS) is 25.2. The van der Waals surface area contributed by atoms with Crippen molar-refractivity contribution in [2.75, 3.05) is 198 Å². The Bertz CT molecular complexity index is 1010. The maximum Gasteiger partial charge on any atom is 0.213 e. The molecule has 0 saturated carbocycles. The van der Waals surface area contributed by atoms with Crippen LogP contribution in [0.15, 0.2) is 0 Å². The molecule has 16 nitrogen and oxygen atoms in total. The van der Waals surface area contributed by atoms with E-state index in [9.17, 15) is 18.3 Å². The highest BCUT2D eigenvalue weighted by molar-refractivity contribution is 7.60. The summed E-state index contributed by atoms with van der Waals surface area (Å²) in [5, 5.41) is 0. The van der Waals surface area contributed by atoms with Gasteiger partial charge in [-0.3, -0.25) is 9.13 Å². The van der Waals surface area contributed by atoms with Gasteiger partial charge in [0.2, 0.25) is 14.9 Å². The molecule has 0 aromatic rings. The second-order valence-electron chi connectivity index (χ2n) is 13.7. The maximum atomic E-state index is 12.7. The van der Waals surface area contributed by atoms with E-state index in [2.05, 4.69) is 18.7 Å². The van der Waals surface area contributed by atoms with Crippen molar-refractivity contribution in [3.63, 3.8) is 0 Å². The summed E-state index contributed by atoms with van der Waals surface area (Å²) in [6, 6.07) is 0. The van der Waals surface area contributed by atoms with Crippen LogP contribution in [0.25, 0.3) is 0 Å². The fourth-order valence-electron chi connectivity index (χ4n) is 6.13. The van der Waals surface area contributed by atoms with Crippen LogP contribution in [-0.2, 0) is 46.7 Å². The van der Waals surface area contributed by atoms with Crippen LogP contribution in [0.1, 0.15) is 0 Å². The van der Waals surface area contributed by atoms with E-state index in [4.69, 9.17) is 28.4 Å². The summed E-state index contributed by atoms with van der Waals surface area (Å²) < 4.78 is 91.9. The Hall–Kier alpha value is 0.440. The molecule has 6 rings (SSSR count). The van der Waals surface area contributed by atoms with E-state index in [1.54, 1.807) is 26.7 Å². The van der Waals surface area contributed by atoms with Gasteiger partial charge in [-0.2, -0.15) is 0 Å². The maximum absolute atomic E-state index is 12.7. The number of nitrogens with zero attached hydrogens (tertiary/aromatic N) is 6. The van der Waals surface area contributed by atoms with Crippen molar-refractivity contribution >= 4 is 29.5 Å². The van der Waals surface area contributed by atoms with Gasteiger partial charge >= 0.3 is 0 Å². The fraction of sp³-hybridized carbons (Fsp3) is 1.00. The highest BCUT2D eigenvalue weighted by Crippen LogP contribution is 2.51. The summed E-state index contributed by atoms with van der Waals surface area (Å²) in [7, 11) is -8.65. The third-order valence-electron chi connectivity index (χ3n) is 9.39. The molecule has 6 aliphatic rings. The van der Waals surface area contributed by atoms with Crippen molar-refractivity contribution in [3.05, 3.63) is 0 Å². The first kappa shape index (κ1) is 44.8. The lowest BCUT2D eigenvalue weighted by molar-refractivity contribution is 0.0531. The molecular weight excluding hydrogens is 728 g/mol. The molecule has 6 fully saturated rings. The van der Waals surface area contributed by atoms with E-state index in [-0.39, 0.29) is 0 Å². The van der Waals surface area contributed by atoms with Gasteiger partial charge in [0.05, 0.1) is 79.3 Å². The Morgan fingerprint density at radius 2 is 0.420 bits per heavy atom. The van der Waals surface area contributed by atoms with Crippen molar-refractivity contribution < 1.29 is 46.7 Å². The van der Waals surface area contributed by atoms with Crippen LogP contribution < -0.4 is 0 Å². The Balaban J connectivity index is 0.000000184. The average molecular weight is 795 g/mol. The standard InChI is InChI=1S/2C9H19N2O3P.2C6H14NO2P/c2*1-15(12,10-2-6-13-7-3-10)11-4-8-14-9-5-11;2*1-10(2,8)7-3-5-9-6-4-7/h2*2-9H2,1H3;2*3-6H2,1-2H3. The molecule has 6 saturated heterocycles. The summed E-state index contributed by atoms with van der Waals surface area (Å²) in [4.78, 5) is 0. The lowest BCUT2D eigenvalue weighted by Gasteiger charge is -2.40. The van der Waals surface area contributed by atoms with Crippen molar-refractivity contribution in [3.8, 4) is 0 Å². The number of hydrogen-bond acceptors (Lipinski definition) is 10. The van der Waals surface area contributed by atoms with E-state index < -0.39 is 29.5 Å². The zero-order chi connectivity index (χ0) is 36.7. The molecule has 50 heavy (non-hydrogen) atoms. The predicted molar refractivity (Wildman–Crippen MR) is 200 cm³/mol. The highest BCUT2D eigenvalue weighted by atomic mass is 31.2. The van der Waals surface area contributed by atoms with Gasteiger partial charge in [0.15, 0.2) is 0 Å². The Morgan fingerprint density at radius 3 is 0.540 bits per heavy atom. The molecule has 296 valence electrons. The smallest absolute Gasteiger partial charge is 0.213 e. The lowest BCUT2D eigenvalue weighted by Crippen LogP contribution is -2.42. The van der Waals surface area contributed by atoms with Gasteiger partial charge in [0, 0.05) is 119 Å². The van der Waals surface area contributed by atoms with Crippen LogP contribution in [0.2, 0.25) is 0 Å². The molecule has 0 N–H and O–H groups in total. The largest absolute Gasteiger partial charge is 0.379 e. The van der Waals surface area contributed by atoms with Gasteiger partial charge in [-0.25, -0.2) is 28.0 Å². The van der Waals surface area contributed by atoms with Crippen LogP contribution in [0.5, 0.6) is 0 Å². The van der Waals surface area contributed by atoms with Crippen molar-refractivity contribution in [2.45, 2.75) is 0 Å². The lowest BCUT2D eigenvalue weighted by atomic mass is 10.5. The average Bonchev–Trinajstić information content (AvgIpc) is 3.14. The number of rotatable bonds is 6. The van der Waals surface area contributed by atoms with E-state index in [0.29, 0.717) is 52.9 Å². The molecule has 6 heterocycles. The van der Waals surface area contributed by atoms with Crippen LogP contribution in [0, 0.1) is 0 Å². The number of ether oxygens (including phenoxy) is 6. The molecule has 0 unspecified atom stereocenters. The molecule has 0 aliphatic carbocycles. The van der Waals surface area contributed by atoms with Gasteiger partial charge < -0.3 is 37.6 Å². The Kier molecular flexibility index (Phi) is 19.8. The van der Waals surface area contributed by atoms with E-state index >= 15 is 0 Å². The quantitative estimate of drug-likeness (QED) is 0.364. The van der Waals surface area contributed by atoms with Gasteiger partial charge in [-0.1, -0.05) is 0 Å². The zero-order valence-corrected chi connectivity index (χ0v) is 35.1. The van der Waals surface area contributed by atoms with Crippen molar-refractivity contribution in [2.24, 2.45) is 0 Å². The van der Waals surface area contributed by atoms with E-state index in [1.807, 2.05) is 22.7 Å². The van der Waals surface area contributed by atoms with E-state index in [0.717, 1.165) is 105 Å². The molecule has 0 aromatic heterocycles. The van der Waals surface area contributed by atoms with Gasteiger partial charge in [0.25, 0.3) is 0 Å². The zero-order valence-electron chi connectivity index (χ0n) is 31.5. The molecule has 0 amide bonds. The summed E-state index contributed by atoms with van der Waals surface area (Å²) in [5.74, 6) is 0. The number of morpholine rings is 6. The Labute approximate surface area is 301 Å². The van der Waals surface area contributed by atoms with Gasteiger partial charge in [-0.15, -0.1) is 0 Å². The molecule has 0 atom stereocenters. The SMILES string of the molecule is CP(=O)(N1CCOCC1)N1CCOCC1.CP(=O)(N1CCOCC1)N1CCOCC1.CP(C)(=O)N1CCOCC1.CP(C)(=O)N1CCOCC1. The highest BCUT2D eigenvalue weighted by Gasteiger charge is 2.35. The first-order chi connectivity index (χ1) is 23.6. The van der Waals surface area contributed by atoms with Gasteiger partial charge in [0.1, 0.15) is 14.6 Å². The Morgan fingerprint density at radius 1 is 0.280 bits per heavy atom. The van der Waals surface area contributed by atoms with Crippen LogP contribution in [0.4, 0.5) is 0 Å². The first-order valence-electron chi connectivity index (χ1n) is 17.9. The minimum absolute atomic E-state index is 0.697. The first-order valence-corrected chi connectivity index (χ1v) is 27.1. The van der Waals surface area contributed by atoms with Gasteiger partial charge in [-0.05, 0) is 0 Å². The predicted octanol–water partition coefficient (Wildman–Crippen LogP) is 2.66. The molecule has 0 radical (unpaired) electrons. The molecule has 0 aromatic carbocycles. The summed E-state index contributed by atoms with van der Waals surface area (Å²) in [6.45, 7) is 29.0. The third kappa shape index (κ3) is 15.3. The van der Waals surface area contributed by atoms with Crippen molar-refractivity contribution in [1.29, 1.82) is 0 Å². The second-order valence-corrected chi connectivity index (χ2v) is 25.6. The van der Waals surface area contributed by atoms with Crippen LogP contribution in [0.3, 0.4) is 0 Å². The van der Waals surface area contributed by atoms with Crippen molar-refractivity contribution in [1.82, 2.24) is 28.0 Å². The summed E-state index contributed by atoms with van der Waals surface area (Å²) in [6.07, 6.45) is 0. The molecule has 20 heteroatoms. The second kappa shape index (κ2) is 22.1. The minimum atomic E-state index is -2.34. The minimum Gasteiger partial charge on any atom is -0.379 e. The monoisotopic (exact) mass is 794 g/mol. The van der Waals surface area contributed by atoms with E-state index in [1.165, 1.54) is 0 Å².